The molecule has 0 atom stereocenters. The number of rotatable bonds is 7. The molecule has 2 heterocycles. The number of para-hydroxylation sites is 1. The van der Waals surface area contributed by atoms with Gasteiger partial charge in [0.05, 0.1) is 21.3 Å². The summed E-state index contributed by atoms with van der Waals surface area (Å²) in [4.78, 5) is 32.6. The number of hydrogen-bond donors (Lipinski definition) is 2. The van der Waals surface area contributed by atoms with E-state index in [-0.39, 0.29) is 12.2 Å². The molecule has 2 N–H and O–H groups in total. The van der Waals surface area contributed by atoms with Crippen molar-refractivity contribution < 1.29 is 14.7 Å². The van der Waals surface area contributed by atoms with Crippen LogP contribution in [0.15, 0.2) is 66.9 Å². The first kappa shape index (κ1) is 20.7. The van der Waals surface area contributed by atoms with E-state index in [0.29, 0.717) is 5.56 Å². The number of aromatic nitrogens is 2. The average Bonchev–Trinajstić information content (AvgIpc) is 3.16. The molecule has 2 aromatic heterocycles. The van der Waals surface area contributed by atoms with Gasteiger partial charge in [0.1, 0.15) is 0 Å². The van der Waals surface area contributed by atoms with Crippen molar-refractivity contribution in [2.45, 2.75) is 20.3 Å². The van der Waals surface area contributed by atoms with Crippen molar-refractivity contribution in [1.29, 1.82) is 0 Å². The molecule has 0 spiro atoms. The summed E-state index contributed by atoms with van der Waals surface area (Å²) in [6, 6.07) is 19.3. The maximum absolute atomic E-state index is 12.4. The summed E-state index contributed by atoms with van der Waals surface area (Å²) in [6.07, 6.45) is 1.43. The lowest BCUT2D eigenvalue weighted by Crippen LogP contribution is -2.27. The molecule has 156 valence electrons. The highest BCUT2D eigenvalue weighted by Crippen LogP contribution is 2.29. The van der Waals surface area contributed by atoms with Gasteiger partial charge in [0.25, 0.3) is 0 Å². The Morgan fingerprint density at radius 1 is 1.03 bits per heavy atom. The Balaban J connectivity index is 1.45. The molecule has 4 rings (SSSR count). The predicted molar refractivity (Wildman–Crippen MR) is 123 cm³/mol. The van der Waals surface area contributed by atoms with E-state index < -0.39 is 11.4 Å². The second-order valence-corrected chi connectivity index (χ2v) is 8.94. The number of carboxylic acids is 1. The number of benzene rings is 2. The van der Waals surface area contributed by atoms with E-state index in [4.69, 9.17) is 0 Å². The quantitative estimate of drug-likeness (QED) is 0.360. The number of aliphatic carboxylic acids is 1. The van der Waals surface area contributed by atoms with Crippen LogP contribution >= 0.6 is 11.3 Å². The molecule has 0 aliphatic rings. The van der Waals surface area contributed by atoms with E-state index in [1.54, 1.807) is 37.3 Å². The number of thiazole rings is 1. The lowest BCUT2D eigenvalue weighted by atomic mass is 9.86. The number of nitrogens with one attached hydrogen (secondary N) is 1. The van der Waals surface area contributed by atoms with E-state index in [2.05, 4.69) is 15.3 Å². The van der Waals surface area contributed by atoms with Crippen molar-refractivity contribution in [1.82, 2.24) is 9.97 Å². The minimum atomic E-state index is -1.11. The third-order valence-corrected chi connectivity index (χ3v) is 5.94. The zero-order valence-corrected chi connectivity index (χ0v) is 17.9. The van der Waals surface area contributed by atoms with Gasteiger partial charge in [0.2, 0.25) is 0 Å². The summed E-state index contributed by atoms with van der Waals surface area (Å²) in [5.41, 5.74) is 2.84. The number of nitrogens with zero attached hydrogens (tertiary/aromatic N) is 2. The molecule has 0 amide bonds. The highest BCUT2D eigenvalue weighted by molar-refractivity contribution is 7.22. The summed E-state index contributed by atoms with van der Waals surface area (Å²) in [5, 5.41) is 13.4. The van der Waals surface area contributed by atoms with E-state index in [1.807, 2.05) is 48.5 Å². The van der Waals surface area contributed by atoms with Gasteiger partial charge in [0, 0.05) is 29.4 Å². The van der Waals surface area contributed by atoms with Crippen molar-refractivity contribution in [3.8, 4) is 11.3 Å². The number of carboxylic acid groups (broad SMARTS) is 1. The Hall–Kier alpha value is -3.58. The molecule has 2 aromatic carbocycles. The standard InChI is InChI=1S/C24H21N3O3S/c1-24(2,22(29)30)13-20(28)16-9-12-18(25-14-16)15-7-10-17(11-8-15)26-23-27-19-5-3-4-6-21(19)31-23/h3-12,14H,13H2,1-2H3,(H,26,27)(H,29,30). The molecule has 0 bridgehead atoms. The van der Waals surface area contributed by atoms with Crippen molar-refractivity contribution >= 4 is 44.1 Å². The van der Waals surface area contributed by atoms with Crippen LogP contribution in [0.5, 0.6) is 0 Å². The van der Waals surface area contributed by atoms with E-state index in [0.717, 1.165) is 32.3 Å². The molecular weight excluding hydrogens is 410 g/mol. The van der Waals surface area contributed by atoms with Gasteiger partial charge in [-0.25, -0.2) is 4.98 Å². The van der Waals surface area contributed by atoms with Gasteiger partial charge in [-0.2, -0.15) is 0 Å². The highest BCUT2D eigenvalue weighted by atomic mass is 32.1. The molecule has 0 saturated carbocycles. The number of carbonyl (C=O) groups excluding carboxylic acids is 1. The first-order chi connectivity index (χ1) is 14.8. The number of hydrogen-bond acceptors (Lipinski definition) is 6. The fraction of sp³-hybridized carbons (Fsp3) is 0.167. The van der Waals surface area contributed by atoms with Gasteiger partial charge in [-0.05, 0) is 50.2 Å². The molecular formula is C24H21N3O3S. The Labute approximate surface area is 183 Å². The van der Waals surface area contributed by atoms with Crippen LogP contribution in [-0.2, 0) is 4.79 Å². The molecule has 4 aromatic rings. The Kier molecular flexibility index (Phi) is 5.52. The van der Waals surface area contributed by atoms with Gasteiger partial charge in [-0.15, -0.1) is 0 Å². The zero-order valence-electron chi connectivity index (χ0n) is 17.1. The summed E-state index contributed by atoms with van der Waals surface area (Å²) < 4.78 is 1.13. The number of carbonyl (C=O) groups is 2. The summed E-state index contributed by atoms with van der Waals surface area (Å²) in [7, 11) is 0. The number of fused-ring (bicyclic) bond motifs is 1. The number of pyridine rings is 1. The lowest BCUT2D eigenvalue weighted by molar-refractivity contribution is -0.146. The molecule has 7 heteroatoms. The van der Waals surface area contributed by atoms with Crippen molar-refractivity contribution in [3.05, 3.63) is 72.4 Å². The van der Waals surface area contributed by atoms with Crippen LogP contribution in [0.25, 0.3) is 21.5 Å². The minimum Gasteiger partial charge on any atom is -0.481 e. The summed E-state index contributed by atoms with van der Waals surface area (Å²) >= 11 is 1.60. The monoisotopic (exact) mass is 431 g/mol. The topological polar surface area (TPSA) is 92.2 Å². The maximum atomic E-state index is 12.4. The number of Topliss-reactive ketones (excluding diaryl/α,β-unsaturated/α-hetero) is 1. The van der Waals surface area contributed by atoms with Gasteiger partial charge < -0.3 is 10.4 Å². The van der Waals surface area contributed by atoms with Crippen molar-refractivity contribution in [2.75, 3.05) is 5.32 Å². The first-order valence-electron chi connectivity index (χ1n) is 9.77. The highest BCUT2D eigenvalue weighted by Gasteiger charge is 2.30. The second-order valence-electron chi connectivity index (χ2n) is 7.91. The molecule has 0 radical (unpaired) electrons. The zero-order chi connectivity index (χ0) is 22.0. The van der Waals surface area contributed by atoms with Gasteiger partial charge in [-0.1, -0.05) is 35.6 Å². The fourth-order valence-electron chi connectivity index (χ4n) is 3.08. The molecule has 0 fully saturated rings. The minimum absolute atomic E-state index is 0.0739. The van der Waals surface area contributed by atoms with Crippen LogP contribution in [0.1, 0.15) is 30.6 Å². The normalized spacial score (nSPS) is 11.4. The average molecular weight is 432 g/mol. The predicted octanol–water partition coefficient (Wildman–Crippen LogP) is 5.79. The maximum Gasteiger partial charge on any atom is 0.309 e. The summed E-state index contributed by atoms with van der Waals surface area (Å²) in [5.74, 6) is -1.23. The fourth-order valence-corrected chi connectivity index (χ4v) is 3.97. The van der Waals surface area contributed by atoms with Gasteiger partial charge in [0.15, 0.2) is 10.9 Å². The summed E-state index contributed by atoms with van der Waals surface area (Å²) in [6.45, 7) is 3.08. The molecule has 0 unspecified atom stereocenters. The Morgan fingerprint density at radius 2 is 1.77 bits per heavy atom. The number of ketones is 1. The molecule has 31 heavy (non-hydrogen) atoms. The molecule has 0 aliphatic heterocycles. The number of anilines is 2. The SMILES string of the molecule is CC(C)(CC(=O)c1ccc(-c2ccc(Nc3nc4ccccc4s3)cc2)nc1)C(=O)O. The third-order valence-electron chi connectivity index (χ3n) is 4.99. The smallest absolute Gasteiger partial charge is 0.309 e. The molecule has 0 aliphatic carbocycles. The van der Waals surface area contributed by atoms with Crippen LogP contribution in [0.4, 0.5) is 10.8 Å². The second kappa shape index (κ2) is 8.28. The van der Waals surface area contributed by atoms with Crippen LogP contribution in [0.3, 0.4) is 0 Å². The third kappa shape index (κ3) is 4.62. The van der Waals surface area contributed by atoms with E-state index >= 15 is 0 Å². The van der Waals surface area contributed by atoms with Gasteiger partial charge in [-0.3, -0.25) is 14.6 Å². The molecule has 6 nitrogen and oxygen atoms in total. The van der Waals surface area contributed by atoms with Gasteiger partial charge >= 0.3 is 5.97 Å². The first-order valence-corrected chi connectivity index (χ1v) is 10.6. The van der Waals surface area contributed by atoms with Crippen LogP contribution < -0.4 is 5.32 Å². The van der Waals surface area contributed by atoms with Crippen molar-refractivity contribution in [3.63, 3.8) is 0 Å². The largest absolute Gasteiger partial charge is 0.481 e. The van der Waals surface area contributed by atoms with Crippen molar-refractivity contribution in [2.24, 2.45) is 5.41 Å². The van der Waals surface area contributed by atoms with Crippen LogP contribution in [-0.4, -0.2) is 26.8 Å². The van der Waals surface area contributed by atoms with E-state index in [1.165, 1.54) is 6.20 Å². The van der Waals surface area contributed by atoms with Crippen LogP contribution in [0.2, 0.25) is 0 Å². The Bertz CT molecular complexity index is 1210. The Morgan fingerprint density at radius 3 is 2.42 bits per heavy atom. The lowest BCUT2D eigenvalue weighted by Gasteiger charge is -2.17. The molecule has 0 saturated heterocycles. The van der Waals surface area contributed by atoms with Crippen LogP contribution in [0, 0.1) is 5.41 Å². The van der Waals surface area contributed by atoms with E-state index in [9.17, 15) is 14.7 Å².